The van der Waals surface area contributed by atoms with E-state index in [2.05, 4.69) is 33.2 Å². The van der Waals surface area contributed by atoms with Gasteiger partial charge >= 0.3 is 6.03 Å². The molecule has 0 aliphatic carbocycles. The molecule has 0 aliphatic heterocycles. The molecule has 0 spiro atoms. The van der Waals surface area contributed by atoms with Crippen molar-refractivity contribution in [3.63, 3.8) is 0 Å². The lowest BCUT2D eigenvalue weighted by molar-refractivity contribution is 0.252. The zero-order valence-corrected chi connectivity index (χ0v) is 9.24. The molecule has 0 radical (unpaired) electrons. The third-order valence-corrected chi connectivity index (χ3v) is 1.95. The number of hydrogen-bond acceptors (Lipinski definition) is 1. The topological polar surface area (TPSA) is 41.1 Å². The lowest BCUT2D eigenvalue weighted by Gasteiger charge is -2.05. The number of benzene rings is 1. The molecule has 2 N–H and O–H groups in total. The second-order valence-electron chi connectivity index (χ2n) is 2.44. The van der Waals surface area contributed by atoms with E-state index in [9.17, 15) is 4.79 Å². The standard InChI is InChI=1S/C9H11IN2O/c10-6-7-11-9(13)12-8-4-2-1-3-5-8/h1-5H,6-7H2,(H2,11,12,13). The van der Waals surface area contributed by atoms with Crippen LogP contribution in [0.3, 0.4) is 0 Å². The molecule has 13 heavy (non-hydrogen) atoms. The molecule has 2 amide bonds. The van der Waals surface area contributed by atoms with Crippen LogP contribution in [0, 0.1) is 0 Å². The second kappa shape index (κ2) is 5.80. The summed E-state index contributed by atoms with van der Waals surface area (Å²) in [4.78, 5) is 11.1. The van der Waals surface area contributed by atoms with E-state index in [0.717, 1.165) is 10.1 Å². The predicted molar refractivity (Wildman–Crippen MR) is 62.4 cm³/mol. The number of urea groups is 1. The maximum atomic E-state index is 11.1. The molecule has 3 nitrogen and oxygen atoms in total. The highest BCUT2D eigenvalue weighted by molar-refractivity contribution is 14.1. The van der Waals surface area contributed by atoms with Gasteiger partial charge in [0.1, 0.15) is 0 Å². The van der Waals surface area contributed by atoms with Crippen molar-refractivity contribution >= 4 is 34.3 Å². The van der Waals surface area contributed by atoms with E-state index in [1.54, 1.807) is 0 Å². The second-order valence-corrected chi connectivity index (χ2v) is 3.51. The monoisotopic (exact) mass is 290 g/mol. The fourth-order valence-electron chi connectivity index (χ4n) is 0.858. The van der Waals surface area contributed by atoms with Crippen molar-refractivity contribution in [2.75, 3.05) is 16.3 Å². The maximum Gasteiger partial charge on any atom is 0.319 e. The van der Waals surface area contributed by atoms with Crippen molar-refractivity contribution in [1.29, 1.82) is 0 Å². The van der Waals surface area contributed by atoms with Crippen molar-refractivity contribution in [1.82, 2.24) is 5.32 Å². The van der Waals surface area contributed by atoms with E-state index in [4.69, 9.17) is 0 Å². The molecule has 0 unspecified atom stereocenters. The summed E-state index contributed by atoms with van der Waals surface area (Å²) >= 11 is 2.21. The first-order chi connectivity index (χ1) is 6.33. The minimum Gasteiger partial charge on any atom is -0.337 e. The van der Waals surface area contributed by atoms with Crippen LogP contribution in [0.25, 0.3) is 0 Å². The lowest BCUT2D eigenvalue weighted by Crippen LogP contribution is -2.29. The molecule has 0 saturated heterocycles. The maximum absolute atomic E-state index is 11.1. The average Bonchev–Trinajstić information content (AvgIpc) is 2.16. The number of para-hydroxylation sites is 1. The van der Waals surface area contributed by atoms with Crippen LogP contribution in [0.5, 0.6) is 0 Å². The summed E-state index contributed by atoms with van der Waals surface area (Å²) in [6, 6.07) is 9.23. The van der Waals surface area contributed by atoms with E-state index in [1.807, 2.05) is 30.3 Å². The molecule has 70 valence electrons. The largest absolute Gasteiger partial charge is 0.337 e. The van der Waals surface area contributed by atoms with E-state index >= 15 is 0 Å². The number of alkyl halides is 1. The Morgan fingerprint density at radius 1 is 1.31 bits per heavy atom. The van der Waals surface area contributed by atoms with Gasteiger partial charge < -0.3 is 10.6 Å². The van der Waals surface area contributed by atoms with Gasteiger partial charge in [-0.2, -0.15) is 0 Å². The van der Waals surface area contributed by atoms with Crippen LogP contribution in [-0.2, 0) is 0 Å². The Morgan fingerprint density at radius 2 is 2.00 bits per heavy atom. The van der Waals surface area contributed by atoms with Crippen molar-refractivity contribution in [3.05, 3.63) is 30.3 Å². The molecule has 0 aliphatic rings. The summed E-state index contributed by atoms with van der Waals surface area (Å²) in [6.45, 7) is 0.694. The van der Waals surface area contributed by atoms with Gasteiger partial charge in [0, 0.05) is 16.7 Å². The zero-order valence-electron chi connectivity index (χ0n) is 7.09. The third-order valence-electron chi connectivity index (χ3n) is 1.41. The fourth-order valence-corrected chi connectivity index (χ4v) is 1.13. The molecule has 0 aromatic heterocycles. The van der Waals surface area contributed by atoms with Gasteiger partial charge in [0.2, 0.25) is 0 Å². The molecule has 0 heterocycles. The summed E-state index contributed by atoms with van der Waals surface area (Å²) in [5, 5.41) is 5.45. The Morgan fingerprint density at radius 3 is 2.62 bits per heavy atom. The van der Waals surface area contributed by atoms with Gasteiger partial charge in [0.25, 0.3) is 0 Å². The first-order valence-corrected chi connectivity index (χ1v) is 5.51. The number of anilines is 1. The Kier molecular flexibility index (Phi) is 4.59. The van der Waals surface area contributed by atoms with Crippen molar-refractivity contribution in [3.8, 4) is 0 Å². The van der Waals surface area contributed by atoms with Crippen LogP contribution in [0.2, 0.25) is 0 Å². The highest BCUT2D eigenvalue weighted by Crippen LogP contribution is 2.03. The molecule has 1 rings (SSSR count). The van der Waals surface area contributed by atoms with E-state index in [1.165, 1.54) is 0 Å². The summed E-state index contributed by atoms with van der Waals surface area (Å²) in [5.41, 5.74) is 0.813. The molecule has 0 fully saturated rings. The van der Waals surface area contributed by atoms with Gasteiger partial charge in [-0.3, -0.25) is 0 Å². The number of hydrogen-bond donors (Lipinski definition) is 2. The molecular formula is C9H11IN2O. The summed E-state index contributed by atoms with van der Waals surface area (Å²) in [6.07, 6.45) is 0. The first kappa shape index (κ1) is 10.3. The van der Waals surface area contributed by atoms with Crippen LogP contribution in [0.4, 0.5) is 10.5 Å². The van der Waals surface area contributed by atoms with Crippen LogP contribution < -0.4 is 10.6 Å². The van der Waals surface area contributed by atoms with E-state index in [-0.39, 0.29) is 6.03 Å². The van der Waals surface area contributed by atoms with Crippen molar-refractivity contribution in [2.45, 2.75) is 0 Å². The van der Waals surface area contributed by atoms with Gasteiger partial charge in [-0.1, -0.05) is 40.8 Å². The minimum absolute atomic E-state index is 0.150. The highest BCUT2D eigenvalue weighted by Gasteiger charge is 1.97. The fraction of sp³-hybridized carbons (Fsp3) is 0.222. The summed E-state index contributed by atoms with van der Waals surface area (Å²) in [7, 11) is 0. The van der Waals surface area contributed by atoms with Gasteiger partial charge in [0.15, 0.2) is 0 Å². The molecule has 0 atom stereocenters. The molecule has 0 saturated carbocycles. The van der Waals surface area contributed by atoms with Crippen LogP contribution >= 0.6 is 22.6 Å². The molecule has 0 bridgehead atoms. The van der Waals surface area contributed by atoms with Crippen LogP contribution in [0.15, 0.2) is 30.3 Å². The Bertz CT molecular complexity index is 264. The minimum atomic E-state index is -0.150. The molecule has 4 heteroatoms. The number of halogens is 1. The van der Waals surface area contributed by atoms with Crippen molar-refractivity contribution in [2.24, 2.45) is 0 Å². The number of rotatable bonds is 3. The average molecular weight is 290 g/mol. The number of carbonyl (C=O) groups is 1. The SMILES string of the molecule is O=C(NCCI)Nc1ccccc1. The van der Waals surface area contributed by atoms with Crippen molar-refractivity contribution < 1.29 is 4.79 Å². The molecular weight excluding hydrogens is 279 g/mol. The van der Waals surface area contributed by atoms with Crippen LogP contribution in [0.1, 0.15) is 0 Å². The number of amides is 2. The van der Waals surface area contributed by atoms with Gasteiger partial charge in [-0.25, -0.2) is 4.79 Å². The van der Waals surface area contributed by atoms with E-state index < -0.39 is 0 Å². The lowest BCUT2D eigenvalue weighted by atomic mass is 10.3. The normalized spacial score (nSPS) is 9.31. The summed E-state index contributed by atoms with van der Waals surface area (Å²) in [5.74, 6) is 0. The predicted octanol–water partition coefficient (Wildman–Crippen LogP) is 2.24. The third kappa shape index (κ3) is 4.12. The number of carbonyl (C=O) groups excluding carboxylic acids is 1. The Labute approximate surface area is 91.0 Å². The zero-order chi connectivity index (χ0) is 9.52. The molecule has 1 aromatic rings. The Hall–Kier alpha value is -0.780. The highest BCUT2D eigenvalue weighted by atomic mass is 127. The first-order valence-electron chi connectivity index (χ1n) is 3.99. The van der Waals surface area contributed by atoms with Gasteiger partial charge in [0.05, 0.1) is 0 Å². The van der Waals surface area contributed by atoms with Gasteiger partial charge in [-0.05, 0) is 12.1 Å². The number of nitrogens with one attached hydrogen (secondary N) is 2. The smallest absolute Gasteiger partial charge is 0.319 e. The summed E-state index contributed by atoms with van der Waals surface area (Å²) < 4.78 is 0.917. The quantitative estimate of drug-likeness (QED) is 0.650. The van der Waals surface area contributed by atoms with Gasteiger partial charge in [-0.15, -0.1) is 0 Å². The van der Waals surface area contributed by atoms with Crippen LogP contribution in [-0.4, -0.2) is 17.0 Å². The Balaban J connectivity index is 2.37. The molecule has 1 aromatic carbocycles. The van der Waals surface area contributed by atoms with E-state index in [0.29, 0.717) is 6.54 Å².